The minimum absolute atomic E-state index is 0.00156. The first kappa shape index (κ1) is 19.1. The topological polar surface area (TPSA) is 49.4 Å². The largest absolute Gasteiger partial charge is 0.356 e. The Balaban J connectivity index is 1.88. The molecule has 0 aliphatic carbocycles. The van der Waals surface area contributed by atoms with E-state index in [-0.39, 0.29) is 29.5 Å². The SMILES string of the molecule is CCNC(=O)[C@@H]1C[C@@H](c2ccc(F)c(C)c2)CN(C(=O)c2ccccc2)C1. The van der Waals surface area contributed by atoms with Gasteiger partial charge in [-0.15, -0.1) is 0 Å². The average Bonchev–Trinajstić information content (AvgIpc) is 2.70. The molecular weight excluding hydrogens is 343 g/mol. The number of nitrogens with zero attached hydrogens (tertiary/aromatic N) is 1. The molecule has 2 aromatic rings. The van der Waals surface area contributed by atoms with Crippen molar-refractivity contribution < 1.29 is 14.0 Å². The number of amides is 2. The highest BCUT2D eigenvalue weighted by molar-refractivity contribution is 5.94. The number of hydrogen-bond donors (Lipinski definition) is 1. The molecule has 1 heterocycles. The summed E-state index contributed by atoms with van der Waals surface area (Å²) >= 11 is 0. The smallest absolute Gasteiger partial charge is 0.253 e. The summed E-state index contributed by atoms with van der Waals surface area (Å²) in [6.45, 7) is 5.09. The summed E-state index contributed by atoms with van der Waals surface area (Å²) < 4.78 is 13.7. The number of likely N-dealkylation sites (tertiary alicyclic amines) is 1. The van der Waals surface area contributed by atoms with Gasteiger partial charge in [-0.25, -0.2) is 4.39 Å². The highest BCUT2D eigenvalue weighted by atomic mass is 19.1. The van der Waals surface area contributed by atoms with Crippen LogP contribution in [0.2, 0.25) is 0 Å². The van der Waals surface area contributed by atoms with Crippen molar-refractivity contribution in [3.05, 3.63) is 71.0 Å². The minimum Gasteiger partial charge on any atom is -0.356 e. The number of carbonyl (C=O) groups excluding carboxylic acids is 2. The molecule has 2 amide bonds. The van der Waals surface area contributed by atoms with E-state index in [4.69, 9.17) is 0 Å². The van der Waals surface area contributed by atoms with Gasteiger partial charge in [-0.2, -0.15) is 0 Å². The normalized spacial score (nSPS) is 19.6. The van der Waals surface area contributed by atoms with Crippen molar-refractivity contribution in [2.24, 2.45) is 5.92 Å². The molecule has 0 unspecified atom stereocenters. The van der Waals surface area contributed by atoms with Crippen LogP contribution in [0.3, 0.4) is 0 Å². The first-order chi connectivity index (χ1) is 13.0. The fraction of sp³-hybridized carbons (Fsp3) is 0.364. The lowest BCUT2D eigenvalue weighted by Gasteiger charge is -2.37. The standard InChI is InChI=1S/C22H25FN2O2/c1-3-24-21(26)19-12-18(17-9-10-20(23)15(2)11-17)13-25(14-19)22(27)16-7-5-4-6-8-16/h4-11,18-19H,3,12-14H2,1-2H3,(H,24,26)/t18-,19-/m1/s1. The number of rotatable bonds is 4. The Morgan fingerprint density at radius 1 is 1.15 bits per heavy atom. The van der Waals surface area contributed by atoms with Crippen LogP contribution < -0.4 is 5.32 Å². The molecule has 0 aromatic heterocycles. The Labute approximate surface area is 159 Å². The number of aryl methyl sites for hydroxylation is 1. The highest BCUT2D eigenvalue weighted by Gasteiger charge is 2.34. The molecule has 142 valence electrons. The molecule has 4 nitrogen and oxygen atoms in total. The first-order valence-electron chi connectivity index (χ1n) is 9.37. The summed E-state index contributed by atoms with van der Waals surface area (Å²) in [5.74, 6) is -0.632. The zero-order valence-electron chi connectivity index (χ0n) is 15.7. The summed E-state index contributed by atoms with van der Waals surface area (Å²) in [7, 11) is 0. The lowest BCUT2D eigenvalue weighted by Crippen LogP contribution is -2.48. The number of carbonyl (C=O) groups is 2. The second kappa shape index (κ2) is 8.33. The van der Waals surface area contributed by atoms with Gasteiger partial charge in [0.25, 0.3) is 5.91 Å². The van der Waals surface area contributed by atoms with Crippen LogP contribution in [0.15, 0.2) is 48.5 Å². The van der Waals surface area contributed by atoms with Crippen molar-refractivity contribution in [1.82, 2.24) is 10.2 Å². The molecule has 0 saturated carbocycles. The molecule has 0 radical (unpaired) electrons. The Morgan fingerprint density at radius 3 is 2.56 bits per heavy atom. The van der Waals surface area contributed by atoms with E-state index in [0.717, 1.165) is 5.56 Å². The third-order valence-electron chi connectivity index (χ3n) is 5.13. The van der Waals surface area contributed by atoms with Gasteiger partial charge >= 0.3 is 0 Å². The quantitative estimate of drug-likeness (QED) is 0.898. The van der Waals surface area contributed by atoms with Crippen molar-refractivity contribution in [2.75, 3.05) is 19.6 Å². The molecule has 27 heavy (non-hydrogen) atoms. The highest BCUT2D eigenvalue weighted by Crippen LogP contribution is 2.32. The summed E-state index contributed by atoms with van der Waals surface area (Å²) in [6.07, 6.45) is 0.648. The number of benzene rings is 2. The van der Waals surface area contributed by atoms with E-state index in [1.165, 1.54) is 6.07 Å². The molecule has 1 aliphatic rings. The molecule has 1 fully saturated rings. The third-order valence-corrected chi connectivity index (χ3v) is 5.13. The van der Waals surface area contributed by atoms with E-state index in [9.17, 15) is 14.0 Å². The van der Waals surface area contributed by atoms with E-state index in [0.29, 0.717) is 37.2 Å². The molecule has 5 heteroatoms. The van der Waals surface area contributed by atoms with Crippen LogP contribution in [0.1, 0.15) is 40.7 Å². The van der Waals surface area contributed by atoms with Crippen molar-refractivity contribution in [2.45, 2.75) is 26.2 Å². The van der Waals surface area contributed by atoms with E-state index < -0.39 is 0 Å². The van der Waals surface area contributed by atoms with Crippen molar-refractivity contribution in [3.63, 3.8) is 0 Å². The Hall–Kier alpha value is -2.69. The lowest BCUT2D eigenvalue weighted by atomic mass is 9.83. The molecule has 1 N–H and O–H groups in total. The Kier molecular flexibility index (Phi) is 5.89. The molecule has 1 aliphatic heterocycles. The van der Waals surface area contributed by atoms with Gasteiger partial charge in [-0.05, 0) is 49.6 Å². The summed E-state index contributed by atoms with van der Waals surface area (Å²) in [6, 6.07) is 14.2. The van der Waals surface area contributed by atoms with Crippen molar-refractivity contribution in [3.8, 4) is 0 Å². The van der Waals surface area contributed by atoms with Gasteiger partial charge in [0.05, 0.1) is 5.92 Å². The van der Waals surface area contributed by atoms with Gasteiger partial charge in [-0.3, -0.25) is 9.59 Å². The summed E-state index contributed by atoms with van der Waals surface area (Å²) in [5.41, 5.74) is 2.16. The van der Waals surface area contributed by atoms with Crippen LogP contribution in [0.4, 0.5) is 4.39 Å². The number of piperidine rings is 1. The molecule has 3 rings (SSSR count). The molecular formula is C22H25FN2O2. The van der Waals surface area contributed by atoms with E-state index in [2.05, 4.69) is 5.32 Å². The van der Waals surface area contributed by atoms with Gasteiger partial charge in [0.1, 0.15) is 5.82 Å². The van der Waals surface area contributed by atoms with Crippen molar-refractivity contribution >= 4 is 11.8 Å². The zero-order valence-corrected chi connectivity index (χ0v) is 15.7. The van der Waals surface area contributed by atoms with Gasteiger partial charge in [-0.1, -0.05) is 30.3 Å². The van der Waals surface area contributed by atoms with Gasteiger partial charge in [0.2, 0.25) is 5.91 Å². The summed E-state index contributed by atoms with van der Waals surface area (Å²) in [5, 5.41) is 2.87. The molecule has 0 bridgehead atoms. The van der Waals surface area contributed by atoms with Crippen LogP contribution in [0.5, 0.6) is 0 Å². The maximum absolute atomic E-state index is 13.7. The lowest BCUT2D eigenvalue weighted by molar-refractivity contribution is -0.126. The van der Waals surface area contributed by atoms with E-state index >= 15 is 0 Å². The van der Waals surface area contributed by atoms with Crippen LogP contribution >= 0.6 is 0 Å². The Bertz CT molecular complexity index is 822. The maximum Gasteiger partial charge on any atom is 0.253 e. The van der Waals surface area contributed by atoms with E-state index in [1.807, 2.05) is 31.2 Å². The fourth-order valence-corrected chi connectivity index (χ4v) is 3.70. The van der Waals surface area contributed by atoms with Gasteiger partial charge < -0.3 is 10.2 Å². The number of hydrogen-bond acceptors (Lipinski definition) is 2. The Morgan fingerprint density at radius 2 is 1.89 bits per heavy atom. The predicted molar refractivity (Wildman–Crippen MR) is 103 cm³/mol. The first-order valence-corrected chi connectivity index (χ1v) is 9.37. The fourth-order valence-electron chi connectivity index (χ4n) is 3.70. The van der Waals surface area contributed by atoms with E-state index in [1.54, 1.807) is 30.0 Å². The van der Waals surface area contributed by atoms with Crippen LogP contribution in [-0.2, 0) is 4.79 Å². The number of halogens is 1. The minimum atomic E-state index is -0.276. The second-order valence-corrected chi connectivity index (χ2v) is 7.11. The van der Waals surface area contributed by atoms with Crippen LogP contribution in [0.25, 0.3) is 0 Å². The van der Waals surface area contributed by atoms with Crippen LogP contribution in [0, 0.1) is 18.7 Å². The van der Waals surface area contributed by atoms with Gasteiger partial charge in [0.15, 0.2) is 0 Å². The third kappa shape index (κ3) is 4.35. The molecule has 2 aromatic carbocycles. The monoisotopic (exact) mass is 368 g/mol. The van der Waals surface area contributed by atoms with Gasteiger partial charge in [0, 0.05) is 31.1 Å². The number of nitrogens with one attached hydrogen (secondary N) is 1. The maximum atomic E-state index is 13.7. The zero-order chi connectivity index (χ0) is 19.4. The average molecular weight is 368 g/mol. The predicted octanol–water partition coefficient (Wildman–Crippen LogP) is 3.52. The van der Waals surface area contributed by atoms with Crippen LogP contribution in [-0.4, -0.2) is 36.3 Å². The molecule has 1 saturated heterocycles. The molecule has 2 atom stereocenters. The second-order valence-electron chi connectivity index (χ2n) is 7.11. The molecule has 0 spiro atoms. The summed E-state index contributed by atoms with van der Waals surface area (Å²) in [4.78, 5) is 27.2. The van der Waals surface area contributed by atoms with Crippen molar-refractivity contribution in [1.29, 1.82) is 0 Å².